The summed E-state index contributed by atoms with van der Waals surface area (Å²) in [6.07, 6.45) is 1.38. The van der Waals surface area contributed by atoms with Gasteiger partial charge < -0.3 is 9.84 Å². The number of aliphatic hydroxyl groups excluding tert-OH is 1. The lowest BCUT2D eigenvalue weighted by Crippen LogP contribution is -2.19. The molecule has 90 valence electrons. The fourth-order valence-electron chi connectivity index (χ4n) is 1.76. The van der Waals surface area contributed by atoms with Crippen LogP contribution < -0.4 is 4.74 Å². The summed E-state index contributed by atoms with van der Waals surface area (Å²) in [6.45, 7) is 2.06. The van der Waals surface area contributed by atoms with Crippen LogP contribution in [0.4, 0.5) is 0 Å². The zero-order valence-electron chi connectivity index (χ0n) is 9.82. The number of rotatable bonds is 6. The van der Waals surface area contributed by atoms with Crippen molar-refractivity contribution in [2.24, 2.45) is 0 Å². The Morgan fingerprint density at radius 1 is 1.31 bits per heavy atom. The lowest BCUT2D eigenvalue weighted by Gasteiger charge is -2.20. The fraction of sp³-hybridized carbons (Fsp3) is 0.538. The number of methoxy groups -OCH3 is 1. The van der Waals surface area contributed by atoms with Gasteiger partial charge in [0.05, 0.1) is 13.2 Å². The molecule has 0 aliphatic rings. The van der Waals surface area contributed by atoms with E-state index in [1.54, 1.807) is 7.11 Å². The first-order valence-corrected chi connectivity index (χ1v) is 6.14. The number of halogens is 1. The van der Waals surface area contributed by atoms with Gasteiger partial charge in [0, 0.05) is 11.8 Å². The van der Waals surface area contributed by atoms with Crippen LogP contribution in [-0.4, -0.2) is 24.2 Å². The fourth-order valence-corrected chi connectivity index (χ4v) is 2.15. The number of alkyl halides is 1. The molecule has 1 aromatic rings. The van der Waals surface area contributed by atoms with Crippen LogP contribution in [0.5, 0.6) is 5.75 Å². The Labute approximate surface area is 102 Å². The molecule has 0 saturated carbocycles. The maximum absolute atomic E-state index is 9.97. The Morgan fingerprint density at radius 2 is 1.94 bits per heavy atom. The summed E-state index contributed by atoms with van der Waals surface area (Å²) in [5.41, 5.74) is 1.07. The standard InChI is InChI=1S/C13H19ClO2/c1-3-4-13(15)12(9-14)10-5-7-11(16-2)8-6-10/h5-8,12-13,15H,3-4,9H2,1-2H3/t12-,13-/m1/s1. The zero-order chi connectivity index (χ0) is 12.0. The molecule has 0 aliphatic carbocycles. The maximum Gasteiger partial charge on any atom is 0.118 e. The van der Waals surface area contributed by atoms with Gasteiger partial charge in [-0.05, 0) is 24.1 Å². The smallest absolute Gasteiger partial charge is 0.118 e. The van der Waals surface area contributed by atoms with Gasteiger partial charge in [-0.3, -0.25) is 0 Å². The monoisotopic (exact) mass is 242 g/mol. The minimum atomic E-state index is -0.365. The van der Waals surface area contributed by atoms with Gasteiger partial charge in [-0.25, -0.2) is 0 Å². The summed E-state index contributed by atoms with van der Waals surface area (Å²) >= 11 is 5.92. The molecule has 1 rings (SSSR count). The Hall–Kier alpha value is -0.730. The summed E-state index contributed by atoms with van der Waals surface area (Å²) in [5.74, 6) is 1.27. The van der Waals surface area contributed by atoms with E-state index in [2.05, 4.69) is 6.92 Å². The number of ether oxygens (including phenoxy) is 1. The molecule has 0 heterocycles. The molecule has 2 atom stereocenters. The predicted molar refractivity (Wildman–Crippen MR) is 67.4 cm³/mol. The molecule has 0 unspecified atom stereocenters. The average Bonchev–Trinajstić information content (AvgIpc) is 2.31. The normalized spacial score (nSPS) is 14.5. The van der Waals surface area contributed by atoms with Crippen molar-refractivity contribution in [1.82, 2.24) is 0 Å². The van der Waals surface area contributed by atoms with Gasteiger partial charge in [0.2, 0.25) is 0 Å². The molecular weight excluding hydrogens is 224 g/mol. The van der Waals surface area contributed by atoms with E-state index < -0.39 is 0 Å². The number of aliphatic hydroxyl groups is 1. The van der Waals surface area contributed by atoms with Crippen molar-refractivity contribution in [2.45, 2.75) is 31.8 Å². The molecule has 0 aromatic heterocycles. The van der Waals surface area contributed by atoms with E-state index >= 15 is 0 Å². The van der Waals surface area contributed by atoms with Gasteiger partial charge in [-0.1, -0.05) is 25.5 Å². The van der Waals surface area contributed by atoms with E-state index in [-0.39, 0.29) is 12.0 Å². The first-order valence-electron chi connectivity index (χ1n) is 5.60. The van der Waals surface area contributed by atoms with Crippen molar-refractivity contribution >= 4 is 11.6 Å². The highest BCUT2D eigenvalue weighted by atomic mass is 35.5. The van der Waals surface area contributed by atoms with Crippen LogP contribution in [0.25, 0.3) is 0 Å². The van der Waals surface area contributed by atoms with Crippen LogP contribution in [0.3, 0.4) is 0 Å². The van der Waals surface area contributed by atoms with Gasteiger partial charge >= 0.3 is 0 Å². The lowest BCUT2D eigenvalue weighted by atomic mass is 9.92. The highest BCUT2D eigenvalue weighted by Gasteiger charge is 2.19. The second-order valence-electron chi connectivity index (χ2n) is 3.89. The second-order valence-corrected chi connectivity index (χ2v) is 4.20. The molecule has 0 saturated heterocycles. The minimum Gasteiger partial charge on any atom is -0.497 e. The molecule has 0 amide bonds. The van der Waals surface area contributed by atoms with Crippen molar-refractivity contribution in [3.63, 3.8) is 0 Å². The average molecular weight is 243 g/mol. The zero-order valence-corrected chi connectivity index (χ0v) is 10.6. The Morgan fingerprint density at radius 3 is 2.38 bits per heavy atom. The summed E-state index contributed by atoms with van der Waals surface area (Å²) in [6, 6.07) is 7.72. The summed E-state index contributed by atoms with van der Waals surface area (Å²) < 4.78 is 5.10. The highest BCUT2D eigenvalue weighted by Crippen LogP contribution is 2.25. The van der Waals surface area contributed by atoms with Gasteiger partial charge in [-0.2, -0.15) is 0 Å². The SMILES string of the molecule is CCC[C@@H](O)[C@H](CCl)c1ccc(OC)cc1. The van der Waals surface area contributed by atoms with E-state index in [1.165, 1.54) is 0 Å². The van der Waals surface area contributed by atoms with Crippen LogP contribution in [0, 0.1) is 0 Å². The van der Waals surface area contributed by atoms with E-state index in [9.17, 15) is 5.11 Å². The van der Waals surface area contributed by atoms with Crippen molar-refractivity contribution in [3.05, 3.63) is 29.8 Å². The molecular formula is C13H19ClO2. The second kappa shape index (κ2) is 6.77. The third-order valence-corrected chi connectivity index (χ3v) is 3.09. The van der Waals surface area contributed by atoms with Crippen molar-refractivity contribution in [2.75, 3.05) is 13.0 Å². The van der Waals surface area contributed by atoms with Crippen molar-refractivity contribution < 1.29 is 9.84 Å². The van der Waals surface area contributed by atoms with Crippen LogP contribution >= 0.6 is 11.6 Å². The molecule has 1 N–H and O–H groups in total. The minimum absolute atomic E-state index is 0.00697. The van der Waals surface area contributed by atoms with Crippen LogP contribution in [-0.2, 0) is 0 Å². The summed E-state index contributed by atoms with van der Waals surface area (Å²) in [4.78, 5) is 0. The molecule has 2 nitrogen and oxygen atoms in total. The predicted octanol–water partition coefficient (Wildman–Crippen LogP) is 3.18. The van der Waals surface area contributed by atoms with Gasteiger partial charge in [0.25, 0.3) is 0 Å². The largest absolute Gasteiger partial charge is 0.497 e. The Bertz CT molecular complexity index is 297. The van der Waals surface area contributed by atoms with Gasteiger partial charge in [0.15, 0.2) is 0 Å². The quantitative estimate of drug-likeness (QED) is 0.777. The van der Waals surface area contributed by atoms with Crippen LogP contribution in [0.2, 0.25) is 0 Å². The van der Waals surface area contributed by atoms with Crippen molar-refractivity contribution in [1.29, 1.82) is 0 Å². The van der Waals surface area contributed by atoms with E-state index in [1.807, 2.05) is 24.3 Å². The molecule has 0 bridgehead atoms. The molecule has 0 fully saturated rings. The number of benzene rings is 1. The number of hydrogen-bond acceptors (Lipinski definition) is 2. The topological polar surface area (TPSA) is 29.5 Å². The first kappa shape index (κ1) is 13.3. The summed E-state index contributed by atoms with van der Waals surface area (Å²) in [5, 5.41) is 9.97. The highest BCUT2D eigenvalue weighted by molar-refractivity contribution is 6.18. The molecule has 0 spiro atoms. The molecule has 1 aromatic carbocycles. The van der Waals surface area contributed by atoms with E-state index in [0.29, 0.717) is 5.88 Å². The Balaban J connectivity index is 2.78. The van der Waals surface area contributed by atoms with Gasteiger partial charge in [-0.15, -0.1) is 11.6 Å². The Kier molecular flexibility index (Phi) is 5.64. The first-order chi connectivity index (χ1) is 7.72. The van der Waals surface area contributed by atoms with E-state index in [4.69, 9.17) is 16.3 Å². The maximum atomic E-state index is 9.97. The molecule has 3 heteroatoms. The molecule has 16 heavy (non-hydrogen) atoms. The third-order valence-electron chi connectivity index (χ3n) is 2.76. The van der Waals surface area contributed by atoms with Crippen LogP contribution in [0.1, 0.15) is 31.2 Å². The van der Waals surface area contributed by atoms with Crippen LogP contribution in [0.15, 0.2) is 24.3 Å². The third kappa shape index (κ3) is 3.39. The molecule has 0 aliphatic heterocycles. The lowest BCUT2D eigenvalue weighted by molar-refractivity contribution is 0.140. The molecule has 0 radical (unpaired) electrons. The number of hydrogen-bond donors (Lipinski definition) is 1. The van der Waals surface area contributed by atoms with Gasteiger partial charge in [0.1, 0.15) is 5.75 Å². The van der Waals surface area contributed by atoms with Crippen molar-refractivity contribution in [3.8, 4) is 5.75 Å². The van der Waals surface area contributed by atoms with E-state index in [0.717, 1.165) is 24.2 Å². The summed E-state index contributed by atoms with van der Waals surface area (Å²) in [7, 11) is 1.64.